The molecular formula is C28H32ClN3O6S. The summed E-state index contributed by atoms with van der Waals surface area (Å²) in [5, 5.41) is 2.73. The van der Waals surface area contributed by atoms with Crippen LogP contribution in [0.25, 0.3) is 0 Å². The van der Waals surface area contributed by atoms with E-state index < -0.39 is 34.4 Å². The molecule has 39 heavy (non-hydrogen) atoms. The molecule has 11 heteroatoms. The Balaban J connectivity index is 2.07. The molecule has 0 aliphatic carbocycles. The van der Waals surface area contributed by atoms with E-state index in [1.165, 1.54) is 56.5 Å². The SMILES string of the molecule is CNC(=O)[C@H](C)N(Cc1cccc(OC)c1)C(=O)CN(c1ccc(OC)c(Cl)c1)S(=O)(=O)c1ccc(C)cc1. The fourth-order valence-electron chi connectivity index (χ4n) is 3.94. The molecule has 1 atom stereocenters. The second-order valence-corrected chi connectivity index (χ2v) is 11.1. The van der Waals surface area contributed by atoms with Gasteiger partial charge in [-0.3, -0.25) is 13.9 Å². The summed E-state index contributed by atoms with van der Waals surface area (Å²) in [7, 11) is 0.245. The maximum atomic E-state index is 13.9. The standard InChI is InChI=1S/C28H32ClN3O6S/c1-19-9-12-24(13-10-19)39(35,36)32(22-11-14-26(38-5)25(29)16-22)18-27(33)31(20(2)28(34)30-3)17-21-7-6-8-23(15-21)37-4/h6-16,20H,17-18H2,1-5H3,(H,30,34)/t20-/m0/s1. The van der Waals surface area contributed by atoms with Crippen LogP contribution in [-0.4, -0.2) is 59.0 Å². The van der Waals surface area contributed by atoms with Gasteiger partial charge in [0.05, 0.1) is 29.8 Å². The lowest BCUT2D eigenvalue weighted by atomic mass is 10.1. The second kappa shape index (κ2) is 12.9. The maximum absolute atomic E-state index is 13.9. The molecule has 0 spiro atoms. The number of anilines is 1. The van der Waals surface area contributed by atoms with Crippen molar-refractivity contribution in [1.29, 1.82) is 0 Å². The zero-order valence-electron chi connectivity index (χ0n) is 22.5. The molecule has 0 aromatic heterocycles. The fourth-order valence-corrected chi connectivity index (χ4v) is 5.59. The molecule has 3 aromatic carbocycles. The Labute approximate surface area is 234 Å². The van der Waals surface area contributed by atoms with Gasteiger partial charge in [-0.1, -0.05) is 41.4 Å². The highest BCUT2D eigenvalue weighted by Gasteiger charge is 2.32. The minimum atomic E-state index is -4.21. The van der Waals surface area contributed by atoms with Crippen LogP contribution >= 0.6 is 11.6 Å². The number of nitrogens with one attached hydrogen (secondary N) is 1. The van der Waals surface area contributed by atoms with Crippen molar-refractivity contribution in [3.63, 3.8) is 0 Å². The number of nitrogens with zero attached hydrogens (tertiary/aromatic N) is 2. The van der Waals surface area contributed by atoms with Crippen LogP contribution in [0, 0.1) is 6.92 Å². The Morgan fingerprint density at radius 2 is 1.69 bits per heavy atom. The lowest BCUT2D eigenvalue weighted by molar-refractivity contribution is -0.139. The lowest BCUT2D eigenvalue weighted by Gasteiger charge is -2.32. The third-order valence-electron chi connectivity index (χ3n) is 6.21. The molecule has 0 heterocycles. The van der Waals surface area contributed by atoms with Crippen LogP contribution in [0.2, 0.25) is 5.02 Å². The number of sulfonamides is 1. The molecule has 208 valence electrons. The molecule has 0 bridgehead atoms. The number of halogens is 1. The van der Waals surface area contributed by atoms with E-state index in [0.29, 0.717) is 17.1 Å². The van der Waals surface area contributed by atoms with Crippen LogP contribution in [0.4, 0.5) is 5.69 Å². The summed E-state index contributed by atoms with van der Waals surface area (Å²) in [6.45, 7) is 2.90. The highest BCUT2D eigenvalue weighted by molar-refractivity contribution is 7.92. The second-order valence-electron chi connectivity index (χ2n) is 8.81. The Morgan fingerprint density at radius 1 is 1.00 bits per heavy atom. The zero-order chi connectivity index (χ0) is 28.7. The molecule has 1 N–H and O–H groups in total. The molecule has 0 radical (unpaired) electrons. The number of hydrogen-bond donors (Lipinski definition) is 1. The third kappa shape index (κ3) is 7.01. The van der Waals surface area contributed by atoms with Crippen LogP contribution in [0.5, 0.6) is 11.5 Å². The number of ether oxygens (including phenoxy) is 2. The Morgan fingerprint density at radius 3 is 2.28 bits per heavy atom. The number of aryl methyl sites for hydroxylation is 1. The topological polar surface area (TPSA) is 105 Å². The van der Waals surface area contributed by atoms with Crippen molar-refractivity contribution in [3.8, 4) is 11.5 Å². The average molecular weight is 574 g/mol. The Hall–Kier alpha value is -3.76. The molecule has 0 aliphatic rings. The van der Waals surface area contributed by atoms with Gasteiger partial charge in [0.2, 0.25) is 11.8 Å². The number of carbonyl (C=O) groups excluding carboxylic acids is 2. The van der Waals surface area contributed by atoms with E-state index in [9.17, 15) is 18.0 Å². The van der Waals surface area contributed by atoms with Gasteiger partial charge in [-0.25, -0.2) is 8.42 Å². The van der Waals surface area contributed by atoms with Gasteiger partial charge in [0.15, 0.2) is 0 Å². The molecule has 2 amide bonds. The number of methoxy groups -OCH3 is 2. The summed E-state index contributed by atoms with van der Waals surface area (Å²) in [4.78, 5) is 27.8. The van der Waals surface area contributed by atoms with Gasteiger partial charge >= 0.3 is 0 Å². The van der Waals surface area contributed by atoms with E-state index in [4.69, 9.17) is 21.1 Å². The minimum Gasteiger partial charge on any atom is -0.497 e. The molecular weight excluding hydrogens is 542 g/mol. The lowest BCUT2D eigenvalue weighted by Crippen LogP contribution is -2.50. The van der Waals surface area contributed by atoms with E-state index >= 15 is 0 Å². The minimum absolute atomic E-state index is 0.00605. The van der Waals surface area contributed by atoms with Gasteiger partial charge in [0.1, 0.15) is 24.1 Å². The van der Waals surface area contributed by atoms with Crippen molar-refractivity contribution in [2.45, 2.75) is 31.3 Å². The normalized spacial score (nSPS) is 11.8. The van der Waals surface area contributed by atoms with Gasteiger partial charge in [-0.05, 0) is 61.9 Å². The summed E-state index contributed by atoms with van der Waals surface area (Å²) < 4.78 is 39.2. The smallest absolute Gasteiger partial charge is 0.264 e. The van der Waals surface area contributed by atoms with E-state index in [-0.39, 0.29) is 22.2 Å². The Bertz CT molecular complexity index is 1430. The first kappa shape index (κ1) is 29.8. The van der Waals surface area contributed by atoms with Crippen molar-refractivity contribution < 1.29 is 27.5 Å². The van der Waals surface area contributed by atoms with Crippen LogP contribution in [0.1, 0.15) is 18.1 Å². The first-order valence-corrected chi connectivity index (χ1v) is 13.9. The van der Waals surface area contributed by atoms with Crippen molar-refractivity contribution in [2.24, 2.45) is 0 Å². The molecule has 0 saturated carbocycles. The first-order chi connectivity index (χ1) is 18.5. The van der Waals surface area contributed by atoms with Crippen molar-refractivity contribution in [3.05, 3.63) is 82.9 Å². The van der Waals surface area contributed by atoms with Gasteiger partial charge in [0, 0.05) is 13.6 Å². The fraction of sp³-hybridized carbons (Fsp3) is 0.286. The van der Waals surface area contributed by atoms with Crippen molar-refractivity contribution >= 4 is 39.1 Å². The monoisotopic (exact) mass is 573 g/mol. The number of rotatable bonds is 11. The molecule has 3 rings (SSSR count). The number of amides is 2. The van der Waals surface area contributed by atoms with Crippen LogP contribution in [-0.2, 0) is 26.2 Å². The van der Waals surface area contributed by atoms with E-state index in [2.05, 4.69) is 5.32 Å². The number of carbonyl (C=O) groups is 2. The van der Waals surface area contributed by atoms with Crippen LogP contribution < -0.4 is 19.1 Å². The van der Waals surface area contributed by atoms with E-state index in [0.717, 1.165) is 9.87 Å². The summed E-state index contributed by atoms with van der Waals surface area (Å²) in [6.07, 6.45) is 0. The summed E-state index contributed by atoms with van der Waals surface area (Å²) >= 11 is 6.33. The van der Waals surface area contributed by atoms with Crippen molar-refractivity contribution in [2.75, 3.05) is 32.1 Å². The quantitative estimate of drug-likeness (QED) is 0.371. The highest BCUT2D eigenvalue weighted by atomic mass is 35.5. The predicted octanol–water partition coefficient (Wildman–Crippen LogP) is 4.02. The molecule has 9 nitrogen and oxygen atoms in total. The van der Waals surface area contributed by atoms with Gasteiger partial charge < -0.3 is 19.7 Å². The molecule has 3 aromatic rings. The van der Waals surface area contributed by atoms with Gasteiger partial charge in [0.25, 0.3) is 10.0 Å². The van der Waals surface area contributed by atoms with E-state index in [1.807, 2.05) is 6.92 Å². The molecule has 0 aliphatic heterocycles. The Kier molecular flexibility index (Phi) is 9.82. The van der Waals surface area contributed by atoms with E-state index in [1.54, 1.807) is 43.3 Å². The highest BCUT2D eigenvalue weighted by Crippen LogP contribution is 2.32. The maximum Gasteiger partial charge on any atom is 0.264 e. The predicted molar refractivity (Wildman–Crippen MR) is 151 cm³/mol. The first-order valence-electron chi connectivity index (χ1n) is 12.1. The van der Waals surface area contributed by atoms with Crippen molar-refractivity contribution in [1.82, 2.24) is 10.2 Å². The van der Waals surface area contributed by atoms with Crippen LogP contribution in [0.3, 0.4) is 0 Å². The number of benzene rings is 3. The summed E-state index contributed by atoms with van der Waals surface area (Å²) in [6, 6.07) is 17.0. The summed E-state index contributed by atoms with van der Waals surface area (Å²) in [5.41, 5.74) is 1.76. The zero-order valence-corrected chi connectivity index (χ0v) is 24.0. The number of hydrogen-bond acceptors (Lipinski definition) is 6. The number of likely N-dealkylation sites (N-methyl/N-ethyl adjacent to an activating group) is 1. The third-order valence-corrected chi connectivity index (χ3v) is 8.30. The van der Waals surface area contributed by atoms with Gasteiger partial charge in [-0.2, -0.15) is 0 Å². The van der Waals surface area contributed by atoms with Crippen LogP contribution in [0.15, 0.2) is 71.6 Å². The largest absolute Gasteiger partial charge is 0.497 e. The van der Waals surface area contributed by atoms with Gasteiger partial charge in [-0.15, -0.1) is 0 Å². The molecule has 0 unspecified atom stereocenters. The average Bonchev–Trinajstić information content (AvgIpc) is 2.93. The molecule has 0 saturated heterocycles. The molecule has 0 fully saturated rings. The summed E-state index contributed by atoms with van der Waals surface area (Å²) in [5.74, 6) is -0.0421.